The van der Waals surface area contributed by atoms with Crippen LogP contribution in [0.15, 0.2) is 24.8 Å². The van der Waals surface area contributed by atoms with Gasteiger partial charge in [0.05, 0.1) is 0 Å². The normalized spacial score (nSPS) is 12.4. The molecular weight excluding hydrogens is 231 g/mol. The van der Waals surface area contributed by atoms with Crippen LogP contribution in [0.3, 0.4) is 0 Å². The molecule has 0 atom stereocenters. The Hall–Kier alpha value is -1.15. The lowest BCUT2D eigenvalue weighted by Crippen LogP contribution is -2.34. The fourth-order valence-corrected chi connectivity index (χ4v) is 4.34. The Morgan fingerprint density at radius 3 is 1.59 bits per heavy atom. The molecule has 0 aliphatic heterocycles. The van der Waals surface area contributed by atoms with E-state index in [0.717, 1.165) is 11.1 Å². The monoisotopic (exact) mass is 250 g/mol. The first-order chi connectivity index (χ1) is 7.91. The second kappa shape index (κ2) is 4.26. The van der Waals surface area contributed by atoms with Gasteiger partial charge in [0, 0.05) is 46.8 Å². The van der Waals surface area contributed by atoms with Gasteiger partial charge in [0.15, 0.2) is 0 Å². The van der Waals surface area contributed by atoms with E-state index >= 15 is 0 Å². The molecule has 0 amide bonds. The largest absolute Gasteiger partial charge is 0.334 e. The van der Waals surface area contributed by atoms with Gasteiger partial charge < -0.3 is 9.13 Å². The molecule has 0 saturated carbocycles. The number of nitrogens with zero attached hydrogens (tertiary/aromatic N) is 4. The molecule has 2 heterocycles. The second-order valence-corrected chi connectivity index (χ2v) is 7.99. The van der Waals surface area contributed by atoms with E-state index in [1.807, 2.05) is 38.9 Å². The van der Waals surface area contributed by atoms with Gasteiger partial charge in [-0.25, -0.2) is 9.97 Å². The van der Waals surface area contributed by atoms with Gasteiger partial charge in [-0.15, -0.1) is 0 Å². The first kappa shape index (κ1) is 12.3. The van der Waals surface area contributed by atoms with Gasteiger partial charge in [0.2, 0.25) is 0 Å². The summed E-state index contributed by atoms with van der Waals surface area (Å²) in [5.41, 5.74) is 2.25. The first-order valence-electron chi connectivity index (χ1n) is 5.66. The molecule has 4 nitrogen and oxygen atoms in total. The van der Waals surface area contributed by atoms with Crippen LogP contribution in [0.25, 0.3) is 0 Å². The van der Waals surface area contributed by atoms with Crippen molar-refractivity contribution >= 4 is 19.1 Å². The summed E-state index contributed by atoms with van der Waals surface area (Å²) in [5.74, 6) is 0. The van der Waals surface area contributed by atoms with Gasteiger partial charge in [0.25, 0.3) is 0 Å². The quantitative estimate of drug-likeness (QED) is 0.755. The van der Waals surface area contributed by atoms with Crippen molar-refractivity contribution < 1.29 is 0 Å². The highest BCUT2D eigenvalue weighted by Crippen LogP contribution is 2.45. The standard InChI is InChI=1S/C12H19N4P/c1-12(2,3)17(10-13-6-8-15(10)4)11-14-7-9-16(11)5/h6-9H,1-5H3. The van der Waals surface area contributed by atoms with E-state index < -0.39 is 7.92 Å². The van der Waals surface area contributed by atoms with E-state index in [4.69, 9.17) is 0 Å². The molecule has 0 aliphatic carbocycles. The third-order valence-electron chi connectivity index (χ3n) is 2.66. The summed E-state index contributed by atoms with van der Waals surface area (Å²) in [6.07, 6.45) is 7.72. The van der Waals surface area contributed by atoms with Crippen molar-refractivity contribution in [3.8, 4) is 0 Å². The van der Waals surface area contributed by atoms with Crippen LogP contribution in [0.1, 0.15) is 20.8 Å². The molecular formula is C12H19N4P. The Morgan fingerprint density at radius 1 is 0.941 bits per heavy atom. The molecule has 0 aliphatic rings. The van der Waals surface area contributed by atoms with Gasteiger partial charge in [-0.05, 0) is 5.16 Å². The van der Waals surface area contributed by atoms with Crippen molar-refractivity contribution in [1.29, 1.82) is 0 Å². The summed E-state index contributed by atoms with van der Waals surface area (Å²) in [6, 6.07) is 0. The van der Waals surface area contributed by atoms with E-state index in [9.17, 15) is 0 Å². The highest BCUT2D eigenvalue weighted by atomic mass is 31.1. The van der Waals surface area contributed by atoms with Crippen molar-refractivity contribution in [2.24, 2.45) is 14.1 Å². The van der Waals surface area contributed by atoms with Crippen LogP contribution in [0, 0.1) is 0 Å². The minimum Gasteiger partial charge on any atom is -0.334 e. The number of aryl methyl sites for hydroxylation is 2. The third-order valence-corrected chi connectivity index (χ3v) is 5.67. The van der Waals surface area contributed by atoms with Crippen molar-refractivity contribution in [2.75, 3.05) is 0 Å². The zero-order chi connectivity index (χ0) is 12.6. The molecule has 92 valence electrons. The minimum absolute atomic E-state index is 0.146. The number of hydrogen-bond donors (Lipinski definition) is 0. The SMILES string of the molecule is Cn1ccnc1P(c1nccn1C)C(C)(C)C. The maximum Gasteiger partial charge on any atom is 0.139 e. The van der Waals surface area contributed by atoms with E-state index in [1.165, 1.54) is 0 Å². The molecule has 2 aromatic rings. The third kappa shape index (κ3) is 2.27. The highest BCUT2D eigenvalue weighted by molar-refractivity contribution is 7.73. The summed E-state index contributed by atoms with van der Waals surface area (Å²) in [4.78, 5) is 9.04. The molecule has 5 heteroatoms. The molecule has 0 N–H and O–H groups in total. The Kier molecular flexibility index (Phi) is 3.09. The van der Waals surface area contributed by atoms with E-state index in [0.29, 0.717) is 0 Å². The summed E-state index contributed by atoms with van der Waals surface area (Å²) in [6.45, 7) is 6.76. The van der Waals surface area contributed by atoms with Gasteiger partial charge in [-0.2, -0.15) is 0 Å². The summed E-state index contributed by atoms with van der Waals surface area (Å²) >= 11 is 0. The van der Waals surface area contributed by atoms with E-state index in [1.54, 1.807) is 0 Å². The maximum atomic E-state index is 4.52. The zero-order valence-corrected chi connectivity index (χ0v) is 11.9. The fourth-order valence-electron chi connectivity index (χ4n) is 1.84. The molecule has 0 fully saturated rings. The van der Waals surface area contributed by atoms with Gasteiger partial charge in [0.1, 0.15) is 11.1 Å². The van der Waals surface area contributed by atoms with Crippen molar-refractivity contribution in [3.05, 3.63) is 24.8 Å². The van der Waals surface area contributed by atoms with Crippen LogP contribution in [-0.4, -0.2) is 24.3 Å². The minimum atomic E-state index is -0.556. The molecule has 17 heavy (non-hydrogen) atoms. The fraction of sp³-hybridized carbons (Fsp3) is 0.500. The molecule has 0 unspecified atom stereocenters. The molecule has 0 bridgehead atoms. The lowest BCUT2D eigenvalue weighted by Gasteiger charge is -2.29. The van der Waals surface area contributed by atoms with Crippen molar-refractivity contribution in [3.63, 3.8) is 0 Å². The van der Waals surface area contributed by atoms with Gasteiger partial charge >= 0.3 is 0 Å². The lowest BCUT2D eigenvalue weighted by molar-refractivity contribution is 0.783. The van der Waals surface area contributed by atoms with Crippen LogP contribution in [0.5, 0.6) is 0 Å². The van der Waals surface area contributed by atoms with Gasteiger partial charge in [-0.1, -0.05) is 20.8 Å². The van der Waals surface area contributed by atoms with Crippen LogP contribution in [0.4, 0.5) is 0 Å². The number of aromatic nitrogens is 4. The summed E-state index contributed by atoms with van der Waals surface area (Å²) in [7, 11) is 3.54. The van der Waals surface area contributed by atoms with Crippen LogP contribution < -0.4 is 11.1 Å². The lowest BCUT2D eigenvalue weighted by atomic mass is 10.3. The van der Waals surface area contributed by atoms with Crippen LogP contribution >= 0.6 is 7.92 Å². The molecule has 0 saturated heterocycles. The smallest absolute Gasteiger partial charge is 0.139 e. The molecule has 0 radical (unpaired) electrons. The molecule has 2 rings (SSSR count). The highest BCUT2D eigenvalue weighted by Gasteiger charge is 2.33. The average Bonchev–Trinajstić information content (AvgIpc) is 2.77. The number of rotatable bonds is 2. The predicted molar refractivity (Wildman–Crippen MR) is 72.4 cm³/mol. The Morgan fingerprint density at radius 2 is 1.35 bits per heavy atom. The molecule has 0 aromatic carbocycles. The topological polar surface area (TPSA) is 35.6 Å². The van der Waals surface area contributed by atoms with Gasteiger partial charge in [-0.3, -0.25) is 0 Å². The average molecular weight is 250 g/mol. The van der Waals surface area contributed by atoms with E-state index in [-0.39, 0.29) is 5.16 Å². The summed E-state index contributed by atoms with van der Waals surface area (Å²) < 4.78 is 4.21. The van der Waals surface area contributed by atoms with Crippen molar-refractivity contribution in [1.82, 2.24) is 19.1 Å². The van der Waals surface area contributed by atoms with Crippen LogP contribution in [-0.2, 0) is 14.1 Å². The Bertz CT molecular complexity index is 466. The Labute approximate surface area is 103 Å². The zero-order valence-electron chi connectivity index (χ0n) is 11.0. The first-order valence-corrected chi connectivity index (χ1v) is 7.00. The predicted octanol–water partition coefficient (Wildman–Crippen LogP) is 1.38. The van der Waals surface area contributed by atoms with Crippen molar-refractivity contribution in [2.45, 2.75) is 25.9 Å². The number of imidazole rings is 2. The second-order valence-electron chi connectivity index (χ2n) is 5.18. The summed E-state index contributed by atoms with van der Waals surface area (Å²) in [5, 5.41) is 0.146. The number of hydrogen-bond acceptors (Lipinski definition) is 2. The van der Waals surface area contributed by atoms with E-state index in [2.05, 4.69) is 39.9 Å². The maximum absolute atomic E-state index is 4.52. The van der Waals surface area contributed by atoms with Crippen LogP contribution in [0.2, 0.25) is 0 Å². The molecule has 2 aromatic heterocycles. The Balaban J connectivity index is 2.55. The molecule has 0 spiro atoms.